The number of nitrogens with zero attached hydrogens (tertiary/aromatic N) is 3. The van der Waals surface area contributed by atoms with Crippen LogP contribution in [0.5, 0.6) is 0 Å². The van der Waals surface area contributed by atoms with Gasteiger partial charge in [-0.05, 0) is 4.90 Å². The third-order valence-electron chi connectivity index (χ3n) is 3.77. The summed E-state index contributed by atoms with van der Waals surface area (Å²) in [5.74, 6) is 0. The third kappa shape index (κ3) is 0.973. The van der Waals surface area contributed by atoms with Gasteiger partial charge in [-0.25, -0.2) is 0 Å². The fourth-order valence-electron chi connectivity index (χ4n) is 2.80. The van der Waals surface area contributed by atoms with Crippen LogP contribution in [-0.2, 0) is 12.0 Å². The van der Waals surface area contributed by atoms with Gasteiger partial charge in [-0.1, -0.05) is 0 Å². The Morgan fingerprint density at radius 3 is 2.94 bits per heavy atom. The molecule has 0 bridgehead atoms. The molecule has 2 atom stereocenters. The number of hydroxylamine groups is 1. The molecule has 3 rings (SSSR count). The summed E-state index contributed by atoms with van der Waals surface area (Å²) in [4.78, 5) is 0.260. The average Bonchev–Trinajstić information content (AvgIpc) is 2.72. The first-order valence-electron chi connectivity index (χ1n) is 5.30. The minimum absolute atomic E-state index is 0.0620. The van der Waals surface area contributed by atoms with Crippen LogP contribution >= 0.6 is 0 Å². The molecule has 1 aliphatic carbocycles. The van der Waals surface area contributed by atoms with Crippen LogP contribution in [0.25, 0.3) is 0 Å². The SMILES string of the molecule is CC1=[N+]([O-])[C@]2(N)CCc3c(no[n+]3[O-])[C@]2(O)C1. The summed E-state index contributed by atoms with van der Waals surface area (Å²) in [6.45, 7) is 1.60. The molecule has 8 nitrogen and oxygen atoms in total. The standard InChI is InChI=1S/C9H12N4O4/c1-5-4-8(14)7-6(13(16)17-11-7)2-3-9(8,10)12(5)15/h14H,2-4,10H2,1H3/t8-,9-/m1/s1. The Hall–Kier alpha value is -1.67. The second-order valence-corrected chi connectivity index (χ2v) is 4.72. The number of rotatable bonds is 0. The first-order valence-corrected chi connectivity index (χ1v) is 5.30. The number of aromatic nitrogens is 2. The van der Waals surface area contributed by atoms with Crippen molar-refractivity contribution < 1.29 is 19.4 Å². The van der Waals surface area contributed by atoms with Crippen LogP contribution in [-0.4, -0.2) is 26.4 Å². The van der Waals surface area contributed by atoms with E-state index in [2.05, 4.69) is 9.79 Å². The van der Waals surface area contributed by atoms with Crippen LogP contribution in [0.4, 0.5) is 0 Å². The molecular formula is C9H12N4O4. The van der Waals surface area contributed by atoms with E-state index in [1.807, 2.05) is 0 Å². The lowest BCUT2D eigenvalue weighted by Gasteiger charge is -2.35. The topological polar surface area (TPSA) is 125 Å². The second kappa shape index (κ2) is 2.77. The van der Waals surface area contributed by atoms with Crippen molar-refractivity contribution in [3.63, 3.8) is 0 Å². The van der Waals surface area contributed by atoms with E-state index in [1.165, 1.54) is 0 Å². The van der Waals surface area contributed by atoms with Gasteiger partial charge >= 0.3 is 0 Å². The van der Waals surface area contributed by atoms with E-state index in [9.17, 15) is 15.5 Å². The molecule has 0 aromatic carbocycles. The number of fused-ring (bicyclic) bond motifs is 3. The maximum atomic E-state index is 11.9. The van der Waals surface area contributed by atoms with Crippen LogP contribution < -0.4 is 10.6 Å². The molecule has 0 fully saturated rings. The third-order valence-corrected chi connectivity index (χ3v) is 3.77. The summed E-state index contributed by atoms with van der Waals surface area (Å²) in [6.07, 6.45) is 0.500. The molecule has 0 amide bonds. The molecule has 1 aliphatic heterocycles. The Morgan fingerprint density at radius 2 is 2.24 bits per heavy atom. The Bertz CT molecular complexity index is 539. The first kappa shape index (κ1) is 10.5. The second-order valence-electron chi connectivity index (χ2n) is 4.72. The number of hydrogen-bond acceptors (Lipinski definition) is 6. The zero-order valence-corrected chi connectivity index (χ0v) is 9.21. The van der Waals surface area contributed by atoms with E-state index in [4.69, 9.17) is 5.73 Å². The van der Waals surface area contributed by atoms with Crippen molar-refractivity contribution in [2.45, 2.75) is 37.5 Å². The van der Waals surface area contributed by atoms with Crippen LogP contribution in [0.1, 0.15) is 31.2 Å². The van der Waals surface area contributed by atoms with Crippen LogP contribution in [0, 0.1) is 10.4 Å². The fraction of sp³-hybridized carbons (Fsp3) is 0.667. The van der Waals surface area contributed by atoms with E-state index >= 15 is 0 Å². The lowest BCUT2D eigenvalue weighted by atomic mass is 9.76. The maximum Gasteiger partial charge on any atom is 0.262 e. The van der Waals surface area contributed by atoms with E-state index < -0.39 is 11.3 Å². The van der Waals surface area contributed by atoms with Gasteiger partial charge in [-0.2, -0.15) is 4.74 Å². The number of hydrogen-bond donors (Lipinski definition) is 2. The van der Waals surface area contributed by atoms with E-state index in [0.29, 0.717) is 10.5 Å². The molecule has 0 unspecified atom stereocenters. The monoisotopic (exact) mass is 240 g/mol. The van der Waals surface area contributed by atoms with E-state index in [0.717, 1.165) is 0 Å². The molecule has 1 aromatic heterocycles. The zero-order chi connectivity index (χ0) is 12.4. The molecule has 3 N–H and O–H groups in total. The molecule has 17 heavy (non-hydrogen) atoms. The van der Waals surface area contributed by atoms with Gasteiger partial charge in [0.1, 0.15) is 0 Å². The molecule has 2 heterocycles. The van der Waals surface area contributed by atoms with Crippen molar-refractivity contribution in [1.29, 1.82) is 0 Å². The largest absolute Gasteiger partial charge is 0.622 e. The summed E-state index contributed by atoms with van der Waals surface area (Å²) in [5, 5.41) is 37.4. The van der Waals surface area contributed by atoms with Gasteiger partial charge in [-0.3, -0.25) is 10.4 Å². The van der Waals surface area contributed by atoms with Gasteiger partial charge in [0.15, 0.2) is 5.71 Å². The van der Waals surface area contributed by atoms with Gasteiger partial charge in [-0.15, -0.1) is 0 Å². The molecule has 2 aliphatic rings. The fourth-order valence-corrected chi connectivity index (χ4v) is 2.80. The Balaban J connectivity index is 2.23. The smallest absolute Gasteiger partial charge is 0.262 e. The van der Waals surface area contributed by atoms with Crippen molar-refractivity contribution >= 4 is 5.71 Å². The molecule has 1 aromatic rings. The van der Waals surface area contributed by atoms with Crippen LogP contribution in [0.3, 0.4) is 0 Å². The van der Waals surface area contributed by atoms with Crippen molar-refractivity contribution in [1.82, 2.24) is 5.16 Å². The average molecular weight is 240 g/mol. The minimum Gasteiger partial charge on any atom is -0.622 e. The summed E-state index contributed by atoms with van der Waals surface area (Å²) in [6, 6.07) is 0. The highest BCUT2D eigenvalue weighted by molar-refractivity contribution is 5.80. The summed E-state index contributed by atoms with van der Waals surface area (Å²) < 4.78 is 5.10. The summed E-state index contributed by atoms with van der Waals surface area (Å²) in [5.41, 5.74) is 3.64. The summed E-state index contributed by atoms with van der Waals surface area (Å²) in [7, 11) is 0. The zero-order valence-electron chi connectivity index (χ0n) is 9.21. The van der Waals surface area contributed by atoms with Gasteiger partial charge in [0.05, 0.1) is 6.42 Å². The van der Waals surface area contributed by atoms with Crippen molar-refractivity contribution in [2.24, 2.45) is 5.73 Å². The maximum absolute atomic E-state index is 11.9. The van der Waals surface area contributed by atoms with E-state index in [-0.39, 0.29) is 35.6 Å². The van der Waals surface area contributed by atoms with Crippen molar-refractivity contribution in [2.75, 3.05) is 0 Å². The normalized spacial score (nSPS) is 35.9. The van der Waals surface area contributed by atoms with E-state index in [1.54, 1.807) is 6.92 Å². The Labute approximate surface area is 96.1 Å². The van der Waals surface area contributed by atoms with Gasteiger partial charge in [0.25, 0.3) is 11.4 Å². The first-order chi connectivity index (χ1) is 7.90. The van der Waals surface area contributed by atoms with Crippen LogP contribution in [0.2, 0.25) is 0 Å². The quantitative estimate of drug-likeness (QED) is 0.418. The number of aliphatic hydroxyl groups is 1. The van der Waals surface area contributed by atoms with Gasteiger partial charge in [0, 0.05) is 24.9 Å². The predicted molar refractivity (Wildman–Crippen MR) is 53.5 cm³/mol. The highest BCUT2D eigenvalue weighted by Crippen LogP contribution is 2.45. The summed E-state index contributed by atoms with van der Waals surface area (Å²) >= 11 is 0. The molecular weight excluding hydrogens is 228 g/mol. The molecule has 0 saturated heterocycles. The van der Waals surface area contributed by atoms with Gasteiger partial charge in [0.2, 0.25) is 11.3 Å². The number of nitrogens with two attached hydrogens (primary N) is 1. The molecule has 0 radical (unpaired) electrons. The Morgan fingerprint density at radius 1 is 1.53 bits per heavy atom. The molecule has 0 spiro atoms. The minimum atomic E-state index is -1.65. The Kier molecular flexibility index (Phi) is 1.71. The highest BCUT2D eigenvalue weighted by Gasteiger charge is 2.68. The highest BCUT2D eigenvalue weighted by atomic mass is 16.8. The van der Waals surface area contributed by atoms with Crippen molar-refractivity contribution in [3.05, 3.63) is 21.8 Å². The van der Waals surface area contributed by atoms with Crippen LogP contribution in [0.15, 0.2) is 4.63 Å². The van der Waals surface area contributed by atoms with Crippen molar-refractivity contribution in [3.8, 4) is 0 Å². The lowest BCUT2D eigenvalue weighted by molar-refractivity contribution is -0.808. The molecule has 8 heteroatoms. The predicted octanol–water partition coefficient (Wildman–Crippen LogP) is -1.53. The van der Waals surface area contributed by atoms with Gasteiger partial charge < -0.3 is 15.5 Å². The molecule has 92 valence electrons. The lowest BCUT2D eigenvalue weighted by Crippen LogP contribution is -2.63. The molecule has 0 saturated carbocycles.